The first-order valence-corrected chi connectivity index (χ1v) is 10.2. The molecule has 0 spiro atoms. The molecule has 7 heteroatoms. The van der Waals surface area contributed by atoms with Crippen molar-refractivity contribution in [3.05, 3.63) is 76.5 Å². The summed E-state index contributed by atoms with van der Waals surface area (Å²) in [5.41, 5.74) is 3.87. The van der Waals surface area contributed by atoms with E-state index in [4.69, 9.17) is 10.00 Å². The maximum absolute atomic E-state index is 12.7. The van der Waals surface area contributed by atoms with E-state index >= 15 is 0 Å². The SMILES string of the molecule is CC(C)Cn1c(=O)n(C)c2cc(-c3cc(Oc4ccnc(C#N)c4)ccc3C#N)ccc21. The van der Waals surface area contributed by atoms with Crippen LogP contribution in [0.15, 0.2) is 59.5 Å². The van der Waals surface area contributed by atoms with Gasteiger partial charge in [0.15, 0.2) is 0 Å². The zero-order valence-electron chi connectivity index (χ0n) is 18.0. The molecule has 7 nitrogen and oxygen atoms in total. The highest BCUT2D eigenvalue weighted by atomic mass is 16.5. The zero-order valence-corrected chi connectivity index (χ0v) is 18.0. The summed E-state index contributed by atoms with van der Waals surface area (Å²) in [5.74, 6) is 1.35. The Kier molecular flexibility index (Phi) is 5.49. The number of aromatic nitrogens is 3. The molecule has 2 aromatic carbocycles. The van der Waals surface area contributed by atoms with E-state index in [0.717, 1.165) is 16.6 Å². The van der Waals surface area contributed by atoms with Gasteiger partial charge in [0.2, 0.25) is 0 Å². The van der Waals surface area contributed by atoms with Gasteiger partial charge in [-0.3, -0.25) is 9.13 Å². The van der Waals surface area contributed by atoms with E-state index < -0.39 is 0 Å². The number of benzene rings is 2. The Balaban J connectivity index is 1.79. The van der Waals surface area contributed by atoms with Crippen LogP contribution in [0.25, 0.3) is 22.2 Å². The number of aryl methyl sites for hydroxylation is 1. The summed E-state index contributed by atoms with van der Waals surface area (Å²) in [6.07, 6.45) is 1.51. The van der Waals surface area contributed by atoms with E-state index in [1.54, 1.807) is 46.5 Å². The van der Waals surface area contributed by atoms with Crippen molar-refractivity contribution in [2.75, 3.05) is 0 Å². The van der Waals surface area contributed by atoms with Crippen molar-refractivity contribution < 1.29 is 4.74 Å². The minimum absolute atomic E-state index is 0.0607. The Labute approximate surface area is 185 Å². The van der Waals surface area contributed by atoms with Gasteiger partial charge >= 0.3 is 5.69 Å². The molecule has 0 saturated carbocycles. The normalized spacial score (nSPS) is 10.8. The van der Waals surface area contributed by atoms with Crippen LogP contribution < -0.4 is 10.4 Å². The average molecular weight is 423 g/mol. The van der Waals surface area contributed by atoms with Crippen LogP contribution >= 0.6 is 0 Å². The number of hydrogen-bond donors (Lipinski definition) is 0. The summed E-state index contributed by atoms with van der Waals surface area (Å²) in [5, 5.41) is 18.7. The summed E-state index contributed by atoms with van der Waals surface area (Å²) >= 11 is 0. The molecule has 0 bridgehead atoms. The van der Waals surface area contributed by atoms with Crippen LogP contribution in [0, 0.1) is 28.6 Å². The van der Waals surface area contributed by atoms with Crippen molar-refractivity contribution in [2.45, 2.75) is 20.4 Å². The maximum Gasteiger partial charge on any atom is 0.328 e. The van der Waals surface area contributed by atoms with Gasteiger partial charge in [-0.05, 0) is 47.9 Å². The first-order chi connectivity index (χ1) is 15.4. The monoisotopic (exact) mass is 423 g/mol. The fourth-order valence-electron chi connectivity index (χ4n) is 3.71. The van der Waals surface area contributed by atoms with Gasteiger partial charge in [0.25, 0.3) is 0 Å². The van der Waals surface area contributed by atoms with Crippen molar-refractivity contribution >= 4 is 11.0 Å². The zero-order chi connectivity index (χ0) is 22.8. The number of ether oxygens (including phenoxy) is 1. The molecule has 158 valence electrons. The van der Waals surface area contributed by atoms with E-state index in [0.29, 0.717) is 35.1 Å². The minimum Gasteiger partial charge on any atom is -0.457 e. The Bertz CT molecular complexity index is 1460. The third-order valence-electron chi connectivity index (χ3n) is 5.20. The summed E-state index contributed by atoms with van der Waals surface area (Å²) in [6.45, 7) is 4.79. The summed E-state index contributed by atoms with van der Waals surface area (Å²) in [4.78, 5) is 16.7. The maximum atomic E-state index is 12.7. The van der Waals surface area contributed by atoms with Gasteiger partial charge in [-0.15, -0.1) is 0 Å². The lowest BCUT2D eigenvalue weighted by Gasteiger charge is -2.11. The van der Waals surface area contributed by atoms with Crippen molar-refractivity contribution in [3.8, 4) is 34.8 Å². The van der Waals surface area contributed by atoms with Gasteiger partial charge in [0, 0.05) is 31.4 Å². The lowest BCUT2D eigenvalue weighted by molar-refractivity contribution is 0.482. The molecular formula is C25H21N5O2. The molecule has 0 saturated heterocycles. The molecule has 0 aliphatic carbocycles. The second-order valence-electron chi connectivity index (χ2n) is 7.96. The molecule has 2 aromatic heterocycles. The smallest absolute Gasteiger partial charge is 0.328 e. The van der Waals surface area contributed by atoms with E-state index in [9.17, 15) is 10.1 Å². The number of nitriles is 2. The lowest BCUT2D eigenvalue weighted by atomic mass is 9.99. The average Bonchev–Trinajstić information content (AvgIpc) is 3.03. The molecule has 4 aromatic rings. The second-order valence-corrected chi connectivity index (χ2v) is 7.96. The molecule has 4 rings (SSSR count). The van der Waals surface area contributed by atoms with E-state index in [2.05, 4.69) is 24.9 Å². The number of rotatable bonds is 5. The summed E-state index contributed by atoms with van der Waals surface area (Å²) < 4.78 is 9.32. The molecule has 2 heterocycles. The minimum atomic E-state index is -0.0607. The second kappa shape index (κ2) is 8.41. The van der Waals surface area contributed by atoms with Crippen LogP contribution in [-0.2, 0) is 13.6 Å². The largest absolute Gasteiger partial charge is 0.457 e. The predicted molar refractivity (Wildman–Crippen MR) is 121 cm³/mol. The molecule has 32 heavy (non-hydrogen) atoms. The van der Waals surface area contributed by atoms with Gasteiger partial charge in [-0.25, -0.2) is 9.78 Å². The van der Waals surface area contributed by atoms with Crippen LogP contribution in [0.2, 0.25) is 0 Å². The fourth-order valence-corrected chi connectivity index (χ4v) is 3.71. The fraction of sp³-hybridized carbons (Fsp3) is 0.200. The third-order valence-corrected chi connectivity index (χ3v) is 5.20. The van der Waals surface area contributed by atoms with Crippen LogP contribution in [0.1, 0.15) is 25.1 Å². The highest BCUT2D eigenvalue weighted by Gasteiger charge is 2.15. The number of imidazole rings is 1. The summed E-state index contributed by atoms with van der Waals surface area (Å²) in [6, 6.07) is 18.4. The Morgan fingerprint density at radius 2 is 1.78 bits per heavy atom. The van der Waals surface area contributed by atoms with Crippen molar-refractivity contribution in [1.82, 2.24) is 14.1 Å². The van der Waals surface area contributed by atoms with E-state index in [1.165, 1.54) is 6.20 Å². The van der Waals surface area contributed by atoms with Gasteiger partial charge in [-0.2, -0.15) is 10.5 Å². The van der Waals surface area contributed by atoms with Crippen LogP contribution in [-0.4, -0.2) is 14.1 Å². The number of nitrogens with zero attached hydrogens (tertiary/aromatic N) is 5. The van der Waals surface area contributed by atoms with Crippen molar-refractivity contribution in [1.29, 1.82) is 10.5 Å². The summed E-state index contributed by atoms with van der Waals surface area (Å²) in [7, 11) is 1.76. The molecule has 0 aliphatic heterocycles. The Morgan fingerprint density at radius 1 is 1.00 bits per heavy atom. The van der Waals surface area contributed by atoms with Crippen molar-refractivity contribution in [3.63, 3.8) is 0 Å². The molecule has 0 amide bonds. The number of pyridine rings is 1. The van der Waals surface area contributed by atoms with Crippen LogP contribution in [0.4, 0.5) is 0 Å². The Morgan fingerprint density at radius 3 is 2.50 bits per heavy atom. The number of fused-ring (bicyclic) bond motifs is 1. The molecule has 0 unspecified atom stereocenters. The standard InChI is InChI=1S/C25H21N5O2/c1-16(2)15-30-23-7-5-17(10-24(23)29(3)25(30)31)22-12-20(6-4-18(22)13-26)32-21-8-9-28-19(11-21)14-27/h4-12,16H,15H2,1-3H3. The molecule has 0 radical (unpaired) electrons. The highest BCUT2D eigenvalue weighted by Crippen LogP contribution is 2.32. The van der Waals surface area contributed by atoms with Crippen LogP contribution in [0.5, 0.6) is 11.5 Å². The first kappa shape index (κ1) is 20.9. The van der Waals surface area contributed by atoms with Gasteiger partial charge in [-0.1, -0.05) is 19.9 Å². The quantitative estimate of drug-likeness (QED) is 0.468. The molecule has 0 N–H and O–H groups in total. The van der Waals surface area contributed by atoms with E-state index in [-0.39, 0.29) is 11.4 Å². The highest BCUT2D eigenvalue weighted by molar-refractivity contribution is 5.84. The van der Waals surface area contributed by atoms with Crippen LogP contribution in [0.3, 0.4) is 0 Å². The predicted octanol–water partition coefficient (Wildman–Crippen LogP) is 4.59. The number of hydrogen-bond acceptors (Lipinski definition) is 5. The van der Waals surface area contributed by atoms with Gasteiger partial charge in [0.05, 0.1) is 22.7 Å². The first-order valence-electron chi connectivity index (χ1n) is 10.2. The molecular weight excluding hydrogens is 402 g/mol. The third kappa shape index (κ3) is 3.84. The molecule has 0 atom stereocenters. The Hall–Kier alpha value is -4.36. The van der Waals surface area contributed by atoms with Gasteiger partial charge < -0.3 is 4.74 Å². The van der Waals surface area contributed by atoms with Gasteiger partial charge in [0.1, 0.15) is 23.3 Å². The van der Waals surface area contributed by atoms with Crippen molar-refractivity contribution in [2.24, 2.45) is 13.0 Å². The lowest BCUT2D eigenvalue weighted by Crippen LogP contribution is -2.24. The molecule has 0 fully saturated rings. The van der Waals surface area contributed by atoms with E-state index in [1.807, 2.05) is 24.3 Å². The topological polar surface area (TPSA) is 96.6 Å². The molecule has 0 aliphatic rings.